The number of carbonyl (C=O) groups excluding carboxylic acids is 2. The van der Waals surface area contributed by atoms with E-state index in [1.54, 1.807) is 13.0 Å². The molecule has 3 aromatic rings. The van der Waals surface area contributed by atoms with E-state index in [2.05, 4.69) is 15.4 Å². The monoisotopic (exact) mass is 460 g/mol. The van der Waals surface area contributed by atoms with E-state index in [1.165, 1.54) is 30.1 Å². The maximum atomic E-state index is 13.1. The van der Waals surface area contributed by atoms with Crippen molar-refractivity contribution in [1.82, 2.24) is 14.8 Å². The quantitative estimate of drug-likeness (QED) is 0.538. The van der Waals surface area contributed by atoms with Gasteiger partial charge in [-0.05, 0) is 55.2 Å². The summed E-state index contributed by atoms with van der Waals surface area (Å²) in [6.07, 6.45) is -2.44. The third-order valence-electron chi connectivity index (χ3n) is 5.22. The Hall–Kier alpha value is -3.69. The van der Waals surface area contributed by atoms with E-state index in [1.807, 2.05) is 20.8 Å². The number of alkyl halides is 3. The highest BCUT2D eigenvalue weighted by molar-refractivity contribution is 6.06. The predicted molar refractivity (Wildman–Crippen MR) is 116 cm³/mol. The summed E-state index contributed by atoms with van der Waals surface area (Å²) >= 11 is 0. The summed E-state index contributed by atoms with van der Waals surface area (Å²) in [5.41, 5.74) is 2.12. The first-order chi connectivity index (χ1) is 15.4. The van der Waals surface area contributed by atoms with Crippen molar-refractivity contribution in [1.29, 1.82) is 0 Å². The van der Waals surface area contributed by atoms with E-state index in [0.29, 0.717) is 16.9 Å². The number of hydrogen-bond acceptors (Lipinski definition) is 5. The van der Waals surface area contributed by atoms with Crippen LogP contribution in [0.5, 0.6) is 0 Å². The lowest BCUT2D eigenvalue weighted by Gasteiger charge is -2.14. The lowest BCUT2D eigenvalue weighted by atomic mass is 10.0. The van der Waals surface area contributed by atoms with Gasteiger partial charge in [-0.15, -0.1) is 0 Å². The smallest absolute Gasteiger partial charge is 0.417 e. The van der Waals surface area contributed by atoms with Crippen LogP contribution >= 0.6 is 0 Å². The van der Waals surface area contributed by atoms with Crippen molar-refractivity contribution < 1.29 is 27.5 Å². The summed E-state index contributed by atoms with van der Waals surface area (Å²) in [5.74, 6) is -1.03. The van der Waals surface area contributed by atoms with Crippen LogP contribution in [0, 0.1) is 13.8 Å². The van der Waals surface area contributed by atoms with Gasteiger partial charge in [-0.1, -0.05) is 13.8 Å². The van der Waals surface area contributed by atoms with Crippen molar-refractivity contribution in [2.75, 3.05) is 12.4 Å². The number of methoxy groups -OCH3 is 1. The number of aromatic nitrogens is 3. The molecule has 1 N–H and O–H groups in total. The van der Waals surface area contributed by atoms with E-state index >= 15 is 0 Å². The number of benzene rings is 1. The van der Waals surface area contributed by atoms with Gasteiger partial charge in [0.2, 0.25) is 0 Å². The van der Waals surface area contributed by atoms with Crippen LogP contribution in [0.2, 0.25) is 0 Å². The number of halogens is 3. The average Bonchev–Trinajstić information content (AvgIpc) is 3.20. The Morgan fingerprint density at radius 3 is 2.33 bits per heavy atom. The zero-order chi connectivity index (χ0) is 24.5. The Morgan fingerprint density at radius 2 is 1.79 bits per heavy atom. The number of nitrogens with zero attached hydrogens (tertiary/aromatic N) is 3. The minimum Gasteiger partial charge on any atom is -0.465 e. The summed E-state index contributed by atoms with van der Waals surface area (Å²) in [6, 6.07) is 5.38. The van der Waals surface area contributed by atoms with Crippen LogP contribution in [0.3, 0.4) is 0 Å². The molecule has 174 valence electrons. The third kappa shape index (κ3) is 4.89. The van der Waals surface area contributed by atoms with Gasteiger partial charge in [-0.2, -0.15) is 18.3 Å². The molecule has 0 radical (unpaired) electrons. The van der Waals surface area contributed by atoms with Crippen LogP contribution in [0.25, 0.3) is 5.82 Å². The highest BCUT2D eigenvalue weighted by Crippen LogP contribution is 2.30. The van der Waals surface area contributed by atoms with E-state index in [0.717, 1.165) is 23.4 Å². The minimum atomic E-state index is -4.50. The van der Waals surface area contributed by atoms with Gasteiger partial charge in [0.1, 0.15) is 0 Å². The first-order valence-corrected chi connectivity index (χ1v) is 10.1. The Bertz CT molecular complexity index is 1200. The molecule has 0 unspecified atom stereocenters. The number of pyridine rings is 1. The third-order valence-corrected chi connectivity index (χ3v) is 5.22. The van der Waals surface area contributed by atoms with E-state index < -0.39 is 23.6 Å². The van der Waals surface area contributed by atoms with E-state index in [9.17, 15) is 22.8 Å². The number of aryl methyl sites for hydroxylation is 1. The van der Waals surface area contributed by atoms with Crippen molar-refractivity contribution in [3.05, 3.63) is 70.2 Å². The van der Waals surface area contributed by atoms with Crippen LogP contribution in [0.4, 0.5) is 18.9 Å². The number of hydrogen-bond donors (Lipinski definition) is 1. The molecule has 0 aliphatic rings. The fourth-order valence-corrected chi connectivity index (χ4v) is 3.40. The van der Waals surface area contributed by atoms with Crippen LogP contribution in [0.15, 0.2) is 36.7 Å². The first-order valence-electron chi connectivity index (χ1n) is 10.1. The maximum absolute atomic E-state index is 13.1. The molecule has 0 spiro atoms. The molecular weight excluding hydrogens is 437 g/mol. The van der Waals surface area contributed by atoms with Crippen molar-refractivity contribution in [2.45, 2.75) is 39.8 Å². The zero-order valence-corrected chi connectivity index (χ0v) is 18.7. The van der Waals surface area contributed by atoms with Crippen LogP contribution in [-0.4, -0.2) is 33.8 Å². The second-order valence-electron chi connectivity index (χ2n) is 7.82. The topological polar surface area (TPSA) is 86.1 Å². The first kappa shape index (κ1) is 24.0. The second-order valence-corrected chi connectivity index (χ2v) is 7.82. The standard InChI is InChI=1S/C23H23F3N4O3/c1-12(2)20-18(11-28-30(20)19-7-6-15(10-27-19)23(24,25)26)21(31)29-16-8-13(3)14(4)17(9-16)22(32)33-5/h6-12H,1-5H3,(H,29,31). The number of anilines is 1. The summed E-state index contributed by atoms with van der Waals surface area (Å²) in [7, 11) is 1.28. The molecule has 3 rings (SSSR count). The number of rotatable bonds is 5. The summed E-state index contributed by atoms with van der Waals surface area (Å²) in [4.78, 5) is 29.0. The molecular formula is C23H23F3N4O3. The van der Waals surface area contributed by atoms with Gasteiger partial charge in [0.25, 0.3) is 5.91 Å². The van der Waals surface area contributed by atoms with Gasteiger partial charge in [-0.3, -0.25) is 4.79 Å². The molecule has 33 heavy (non-hydrogen) atoms. The van der Waals surface area contributed by atoms with Gasteiger partial charge >= 0.3 is 12.1 Å². The summed E-state index contributed by atoms with van der Waals surface area (Å²) < 4.78 is 44.7. The predicted octanol–water partition coefficient (Wildman–Crippen LogP) is 5.07. The lowest BCUT2D eigenvalue weighted by Crippen LogP contribution is -2.17. The van der Waals surface area contributed by atoms with Crippen LogP contribution in [-0.2, 0) is 10.9 Å². The molecule has 0 fully saturated rings. The maximum Gasteiger partial charge on any atom is 0.417 e. The molecule has 2 heterocycles. The summed E-state index contributed by atoms with van der Waals surface area (Å²) in [5, 5.41) is 6.96. The molecule has 0 saturated carbocycles. The lowest BCUT2D eigenvalue weighted by molar-refractivity contribution is -0.137. The number of nitrogens with one attached hydrogen (secondary N) is 1. The largest absolute Gasteiger partial charge is 0.465 e. The Kier molecular flexibility index (Phi) is 6.57. The van der Waals surface area contributed by atoms with Crippen molar-refractivity contribution >= 4 is 17.6 Å². The van der Waals surface area contributed by atoms with Crippen LogP contribution < -0.4 is 5.32 Å². The molecule has 0 aliphatic heterocycles. The number of carbonyl (C=O) groups is 2. The number of esters is 1. The molecule has 7 nitrogen and oxygen atoms in total. The molecule has 2 aromatic heterocycles. The molecule has 10 heteroatoms. The van der Waals surface area contributed by atoms with Gasteiger partial charge in [0.05, 0.1) is 35.7 Å². The van der Waals surface area contributed by atoms with Crippen LogP contribution in [0.1, 0.15) is 62.9 Å². The average molecular weight is 460 g/mol. The fourth-order valence-electron chi connectivity index (χ4n) is 3.40. The van der Waals surface area contributed by atoms with Crippen molar-refractivity contribution in [2.24, 2.45) is 0 Å². The van der Waals surface area contributed by atoms with Gasteiger partial charge in [0.15, 0.2) is 5.82 Å². The molecule has 0 aliphatic carbocycles. The fraction of sp³-hybridized carbons (Fsp3) is 0.304. The molecule has 1 aromatic carbocycles. The Balaban J connectivity index is 1.96. The number of ether oxygens (including phenoxy) is 1. The highest BCUT2D eigenvalue weighted by atomic mass is 19.4. The second kappa shape index (κ2) is 9.05. The molecule has 0 bridgehead atoms. The van der Waals surface area contributed by atoms with Gasteiger partial charge < -0.3 is 10.1 Å². The van der Waals surface area contributed by atoms with E-state index in [4.69, 9.17) is 4.74 Å². The molecule has 0 saturated heterocycles. The highest BCUT2D eigenvalue weighted by Gasteiger charge is 2.31. The summed E-state index contributed by atoms with van der Waals surface area (Å²) in [6.45, 7) is 7.26. The van der Waals surface area contributed by atoms with Crippen molar-refractivity contribution in [3.63, 3.8) is 0 Å². The SMILES string of the molecule is COC(=O)c1cc(NC(=O)c2cnn(-c3ccc(C(F)(F)F)cn3)c2C(C)C)cc(C)c1C. The molecule has 0 atom stereocenters. The Labute approximate surface area is 188 Å². The van der Waals surface area contributed by atoms with Gasteiger partial charge in [-0.25, -0.2) is 14.5 Å². The number of amides is 1. The zero-order valence-electron chi connectivity index (χ0n) is 18.7. The van der Waals surface area contributed by atoms with E-state index in [-0.39, 0.29) is 17.3 Å². The normalized spacial score (nSPS) is 11.5. The Morgan fingerprint density at radius 1 is 1.09 bits per heavy atom. The van der Waals surface area contributed by atoms with Crippen molar-refractivity contribution in [3.8, 4) is 5.82 Å². The molecule has 1 amide bonds. The van der Waals surface area contributed by atoms with Gasteiger partial charge in [0, 0.05) is 11.9 Å². The minimum absolute atomic E-state index is 0.157.